The molecule has 0 spiro atoms. The second-order valence-corrected chi connectivity index (χ2v) is 4.40. The molecule has 1 aromatic heterocycles. The summed E-state index contributed by atoms with van der Waals surface area (Å²) in [6, 6.07) is 1.95. The molecule has 86 valence electrons. The molecule has 1 N–H and O–H groups in total. The summed E-state index contributed by atoms with van der Waals surface area (Å²) < 4.78 is 0.808. The molecule has 1 unspecified atom stereocenters. The average molecular weight is 221 g/mol. The first-order valence-corrected chi connectivity index (χ1v) is 5.47. The van der Waals surface area contributed by atoms with Crippen LogP contribution in [0, 0.1) is 19.1 Å². The number of nitrogens with zero attached hydrogens (tertiary/aromatic N) is 1. The summed E-state index contributed by atoms with van der Waals surface area (Å²) in [7, 11) is 0. The van der Waals surface area contributed by atoms with Crippen LogP contribution in [0.15, 0.2) is 6.07 Å². The van der Waals surface area contributed by atoms with Crippen molar-refractivity contribution in [3.8, 4) is 0 Å². The number of aliphatic carboxylic acids is 1. The highest BCUT2D eigenvalue weighted by molar-refractivity contribution is 5.75. The van der Waals surface area contributed by atoms with E-state index in [2.05, 4.69) is 0 Å². The van der Waals surface area contributed by atoms with E-state index in [-0.39, 0.29) is 0 Å². The van der Waals surface area contributed by atoms with Gasteiger partial charge in [-0.3, -0.25) is 4.79 Å². The summed E-state index contributed by atoms with van der Waals surface area (Å²) in [5.41, 5.74) is 2.88. The second kappa shape index (κ2) is 3.77. The van der Waals surface area contributed by atoms with Crippen LogP contribution in [0.3, 0.4) is 0 Å². The van der Waals surface area contributed by atoms with Crippen molar-refractivity contribution in [2.45, 2.75) is 39.0 Å². The maximum atomic E-state index is 12.0. The zero-order valence-corrected chi connectivity index (χ0v) is 9.49. The summed E-state index contributed by atoms with van der Waals surface area (Å²) in [5, 5.41) is 21.1. The van der Waals surface area contributed by atoms with E-state index in [1.54, 1.807) is 6.92 Å². The molecule has 1 heterocycles. The number of hydrogen-bond donors (Lipinski definition) is 1. The number of pyridine rings is 1. The van der Waals surface area contributed by atoms with Crippen molar-refractivity contribution in [1.29, 1.82) is 0 Å². The minimum atomic E-state index is -0.895. The fourth-order valence-corrected chi connectivity index (χ4v) is 2.35. The summed E-state index contributed by atoms with van der Waals surface area (Å²) in [4.78, 5) is 11.1. The van der Waals surface area contributed by atoms with Crippen LogP contribution in [0.5, 0.6) is 0 Å². The summed E-state index contributed by atoms with van der Waals surface area (Å²) >= 11 is 0. The lowest BCUT2D eigenvalue weighted by Gasteiger charge is -2.22. The maximum Gasteiger partial charge on any atom is 0.317 e. The van der Waals surface area contributed by atoms with Gasteiger partial charge < -0.3 is 10.3 Å². The van der Waals surface area contributed by atoms with Crippen LogP contribution in [0.25, 0.3) is 0 Å². The molecule has 4 heteroatoms. The first kappa shape index (κ1) is 10.9. The third-order valence-electron chi connectivity index (χ3n) is 3.38. The SMILES string of the molecule is Cc1cc2c([n+]([O-])c1C)C(C(=O)O)CCC2. The highest BCUT2D eigenvalue weighted by Crippen LogP contribution is 2.30. The van der Waals surface area contributed by atoms with Gasteiger partial charge in [0.15, 0.2) is 5.69 Å². The zero-order chi connectivity index (χ0) is 11.9. The van der Waals surface area contributed by atoms with Crippen LogP contribution < -0.4 is 4.73 Å². The lowest BCUT2D eigenvalue weighted by molar-refractivity contribution is -0.622. The lowest BCUT2D eigenvalue weighted by Crippen LogP contribution is -2.42. The molecule has 0 bridgehead atoms. The van der Waals surface area contributed by atoms with Crippen LogP contribution >= 0.6 is 0 Å². The molecule has 0 radical (unpaired) electrons. The van der Waals surface area contributed by atoms with Gasteiger partial charge in [0.25, 0.3) is 0 Å². The lowest BCUT2D eigenvalue weighted by atomic mass is 9.85. The first-order chi connectivity index (χ1) is 7.52. The molecule has 1 aromatic rings. The number of aryl methyl sites for hydroxylation is 2. The van der Waals surface area contributed by atoms with E-state index in [1.807, 2.05) is 13.0 Å². The molecule has 0 aromatic carbocycles. The normalized spacial score (nSPS) is 19.2. The fourth-order valence-electron chi connectivity index (χ4n) is 2.35. The van der Waals surface area contributed by atoms with Gasteiger partial charge in [-0.05, 0) is 32.3 Å². The van der Waals surface area contributed by atoms with Gasteiger partial charge in [0, 0.05) is 18.1 Å². The van der Waals surface area contributed by atoms with E-state index in [0.717, 1.165) is 28.7 Å². The zero-order valence-electron chi connectivity index (χ0n) is 9.49. The van der Waals surface area contributed by atoms with Gasteiger partial charge in [-0.25, -0.2) is 0 Å². The average Bonchev–Trinajstić information content (AvgIpc) is 2.25. The van der Waals surface area contributed by atoms with Crippen LogP contribution in [0.4, 0.5) is 0 Å². The number of carboxylic acid groups (broad SMARTS) is 1. The quantitative estimate of drug-likeness (QED) is 0.576. The Labute approximate surface area is 94.1 Å². The van der Waals surface area contributed by atoms with Crippen molar-refractivity contribution in [2.24, 2.45) is 0 Å². The van der Waals surface area contributed by atoms with Crippen molar-refractivity contribution in [3.63, 3.8) is 0 Å². The van der Waals surface area contributed by atoms with E-state index < -0.39 is 11.9 Å². The van der Waals surface area contributed by atoms with Crippen LogP contribution in [-0.4, -0.2) is 11.1 Å². The van der Waals surface area contributed by atoms with Gasteiger partial charge in [-0.1, -0.05) is 0 Å². The van der Waals surface area contributed by atoms with Crippen LogP contribution in [0.2, 0.25) is 0 Å². The monoisotopic (exact) mass is 221 g/mol. The van der Waals surface area contributed by atoms with E-state index in [9.17, 15) is 10.0 Å². The summed E-state index contributed by atoms with van der Waals surface area (Å²) in [6.45, 7) is 3.62. The maximum absolute atomic E-state index is 12.0. The number of fused-ring (bicyclic) bond motifs is 1. The van der Waals surface area contributed by atoms with E-state index >= 15 is 0 Å². The van der Waals surface area contributed by atoms with Gasteiger partial charge in [-0.2, -0.15) is 4.73 Å². The van der Waals surface area contributed by atoms with Crippen molar-refractivity contribution in [3.05, 3.63) is 33.8 Å². The van der Waals surface area contributed by atoms with Gasteiger partial charge >= 0.3 is 5.97 Å². The molecule has 0 fully saturated rings. The number of carboxylic acids is 1. The number of hydrogen-bond acceptors (Lipinski definition) is 2. The van der Waals surface area contributed by atoms with E-state index in [1.165, 1.54) is 0 Å². The third-order valence-corrected chi connectivity index (χ3v) is 3.38. The fraction of sp³-hybridized carbons (Fsp3) is 0.500. The topological polar surface area (TPSA) is 64.2 Å². The van der Waals surface area contributed by atoms with Gasteiger partial charge in [0.1, 0.15) is 5.92 Å². The van der Waals surface area contributed by atoms with E-state index in [0.29, 0.717) is 17.8 Å². The molecule has 0 saturated heterocycles. The van der Waals surface area contributed by atoms with Crippen molar-refractivity contribution >= 4 is 5.97 Å². The van der Waals surface area contributed by atoms with Gasteiger partial charge in [-0.15, -0.1) is 0 Å². The highest BCUT2D eigenvalue weighted by Gasteiger charge is 2.34. The Bertz CT molecular complexity index is 454. The first-order valence-electron chi connectivity index (χ1n) is 5.47. The Morgan fingerprint density at radius 1 is 1.56 bits per heavy atom. The second-order valence-electron chi connectivity index (χ2n) is 4.40. The molecular weight excluding hydrogens is 206 g/mol. The Kier molecular flexibility index (Phi) is 2.58. The predicted octanol–water partition coefficient (Wildman–Crippen LogP) is 1.44. The molecule has 0 aliphatic heterocycles. The molecule has 1 aliphatic carbocycles. The minimum absolute atomic E-state index is 0.446. The Morgan fingerprint density at radius 3 is 2.88 bits per heavy atom. The molecule has 1 aliphatic rings. The summed E-state index contributed by atoms with van der Waals surface area (Å²) in [6.07, 6.45) is 2.21. The third kappa shape index (κ3) is 1.54. The van der Waals surface area contributed by atoms with Gasteiger partial charge in [0.2, 0.25) is 5.69 Å². The van der Waals surface area contributed by atoms with Crippen LogP contribution in [-0.2, 0) is 11.2 Å². The molecule has 2 rings (SSSR count). The molecular formula is C12H15NO3. The Hall–Kier alpha value is -1.58. The Balaban J connectivity index is 2.63. The molecule has 16 heavy (non-hydrogen) atoms. The summed E-state index contributed by atoms with van der Waals surface area (Å²) in [5.74, 6) is -1.53. The van der Waals surface area contributed by atoms with Crippen LogP contribution in [0.1, 0.15) is 41.3 Å². The number of aromatic nitrogens is 1. The Morgan fingerprint density at radius 2 is 2.25 bits per heavy atom. The largest absolute Gasteiger partial charge is 0.618 e. The number of carbonyl (C=O) groups is 1. The predicted molar refractivity (Wildman–Crippen MR) is 58.2 cm³/mol. The van der Waals surface area contributed by atoms with E-state index in [4.69, 9.17) is 5.11 Å². The van der Waals surface area contributed by atoms with Crippen molar-refractivity contribution in [2.75, 3.05) is 0 Å². The highest BCUT2D eigenvalue weighted by atomic mass is 16.5. The van der Waals surface area contributed by atoms with Gasteiger partial charge in [0.05, 0.1) is 0 Å². The van der Waals surface area contributed by atoms with Crippen molar-refractivity contribution in [1.82, 2.24) is 0 Å². The molecule has 1 atom stereocenters. The molecule has 0 amide bonds. The van der Waals surface area contributed by atoms with Crippen molar-refractivity contribution < 1.29 is 14.6 Å². The minimum Gasteiger partial charge on any atom is -0.618 e. The molecule has 0 saturated carbocycles. The standard InChI is InChI=1S/C12H15NO3/c1-7-6-9-4-3-5-10(12(14)15)11(9)13(16)8(7)2/h6,10H,3-5H2,1-2H3,(H,14,15). The number of rotatable bonds is 1. The molecule has 4 nitrogen and oxygen atoms in total. The smallest absolute Gasteiger partial charge is 0.317 e.